The van der Waals surface area contributed by atoms with Crippen molar-refractivity contribution < 1.29 is 0 Å². The molecule has 0 radical (unpaired) electrons. The fraction of sp³-hybridized carbons (Fsp3) is 0.333. The molecule has 2 aromatic rings. The minimum Gasteiger partial charge on any atom is -0.393 e. The lowest BCUT2D eigenvalue weighted by molar-refractivity contribution is 0.734. The summed E-state index contributed by atoms with van der Waals surface area (Å²) in [7, 11) is 2.03. The van der Waals surface area contributed by atoms with Crippen molar-refractivity contribution in [3.8, 4) is 0 Å². The summed E-state index contributed by atoms with van der Waals surface area (Å²) in [5, 5.41) is 1.17. The van der Waals surface area contributed by atoms with Crippen molar-refractivity contribution in [1.29, 1.82) is 0 Å². The highest BCUT2D eigenvalue weighted by Gasteiger charge is 2.13. The quantitative estimate of drug-likeness (QED) is 0.870. The van der Waals surface area contributed by atoms with Crippen LogP contribution in [0.3, 0.4) is 0 Å². The summed E-state index contributed by atoms with van der Waals surface area (Å²) in [6.45, 7) is 4.90. The molecule has 0 fully saturated rings. The number of para-hydroxylation sites is 1. The third-order valence-corrected chi connectivity index (χ3v) is 3.69. The zero-order valence-electron chi connectivity index (χ0n) is 11.6. The molecule has 0 saturated carbocycles. The summed E-state index contributed by atoms with van der Waals surface area (Å²) < 4.78 is 0. The molecule has 0 aliphatic rings. The number of pyridine rings is 1. The Morgan fingerprint density at radius 3 is 2.79 bits per heavy atom. The fourth-order valence-electron chi connectivity index (χ4n) is 2.19. The zero-order chi connectivity index (χ0) is 14.0. The number of aromatic nitrogens is 1. The van der Waals surface area contributed by atoms with Gasteiger partial charge >= 0.3 is 0 Å². The topological polar surface area (TPSA) is 42.2 Å². The number of benzene rings is 1. The van der Waals surface area contributed by atoms with E-state index in [0.717, 1.165) is 23.4 Å². The second kappa shape index (κ2) is 5.53. The van der Waals surface area contributed by atoms with Gasteiger partial charge in [0.1, 0.15) is 5.82 Å². The normalized spacial score (nSPS) is 12.4. The molecule has 19 heavy (non-hydrogen) atoms. The van der Waals surface area contributed by atoms with E-state index in [0.29, 0.717) is 4.99 Å². The van der Waals surface area contributed by atoms with Crippen LogP contribution in [-0.4, -0.2) is 23.6 Å². The van der Waals surface area contributed by atoms with Crippen LogP contribution in [0.25, 0.3) is 10.9 Å². The number of nitrogens with two attached hydrogens (primary N) is 1. The van der Waals surface area contributed by atoms with E-state index in [2.05, 4.69) is 24.0 Å². The number of aryl methyl sites for hydroxylation is 1. The summed E-state index contributed by atoms with van der Waals surface area (Å²) in [6, 6.07) is 10.3. The molecule has 1 unspecified atom stereocenters. The predicted molar refractivity (Wildman–Crippen MR) is 85.7 cm³/mol. The van der Waals surface area contributed by atoms with Crippen LogP contribution in [0.1, 0.15) is 12.5 Å². The van der Waals surface area contributed by atoms with Gasteiger partial charge < -0.3 is 10.6 Å². The molecule has 0 aliphatic heterocycles. The smallest absolute Gasteiger partial charge is 0.131 e. The largest absolute Gasteiger partial charge is 0.393 e. The molecule has 1 atom stereocenters. The van der Waals surface area contributed by atoms with E-state index in [9.17, 15) is 0 Å². The fourth-order valence-corrected chi connectivity index (χ4v) is 2.26. The Bertz CT molecular complexity index is 609. The van der Waals surface area contributed by atoms with E-state index in [4.69, 9.17) is 22.9 Å². The Labute approximate surface area is 119 Å². The van der Waals surface area contributed by atoms with Gasteiger partial charge in [0, 0.05) is 24.9 Å². The lowest BCUT2D eigenvalue weighted by Crippen LogP contribution is -2.32. The number of nitrogens with zero attached hydrogens (tertiary/aromatic N) is 2. The van der Waals surface area contributed by atoms with Crippen molar-refractivity contribution in [3.63, 3.8) is 0 Å². The third-order valence-electron chi connectivity index (χ3n) is 3.28. The van der Waals surface area contributed by atoms with Gasteiger partial charge in [-0.15, -0.1) is 0 Å². The van der Waals surface area contributed by atoms with Gasteiger partial charge in [-0.25, -0.2) is 4.98 Å². The molecular formula is C15H19N3S. The average Bonchev–Trinajstić information content (AvgIpc) is 2.37. The first-order valence-electron chi connectivity index (χ1n) is 6.36. The molecule has 1 aromatic heterocycles. The van der Waals surface area contributed by atoms with E-state index in [-0.39, 0.29) is 5.92 Å². The Morgan fingerprint density at radius 1 is 1.42 bits per heavy atom. The van der Waals surface area contributed by atoms with E-state index in [1.807, 2.05) is 32.2 Å². The first-order valence-corrected chi connectivity index (χ1v) is 6.76. The molecular weight excluding hydrogens is 254 g/mol. The maximum atomic E-state index is 5.68. The number of anilines is 1. The molecule has 4 heteroatoms. The summed E-state index contributed by atoms with van der Waals surface area (Å²) in [5.41, 5.74) is 7.85. The van der Waals surface area contributed by atoms with Crippen molar-refractivity contribution >= 4 is 33.9 Å². The van der Waals surface area contributed by atoms with Crippen molar-refractivity contribution in [2.75, 3.05) is 18.5 Å². The van der Waals surface area contributed by atoms with Crippen LogP contribution in [-0.2, 0) is 0 Å². The maximum Gasteiger partial charge on any atom is 0.131 e. The predicted octanol–water partition coefficient (Wildman–Crippen LogP) is 2.90. The Balaban J connectivity index is 2.33. The second-order valence-electron chi connectivity index (χ2n) is 5.01. The van der Waals surface area contributed by atoms with Crippen LogP contribution in [0.15, 0.2) is 30.3 Å². The molecule has 1 aromatic carbocycles. The van der Waals surface area contributed by atoms with Gasteiger partial charge in [-0.2, -0.15) is 0 Å². The van der Waals surface area contributed by atoms with Gasteiger partial charge in [-0.3, -0.25) is 0 Å². The summed E-state index contributed by atoms with van der Waals surface area (Å²) in [5.74, 6) is 1.16. The molecule has 100 valence electrons. The number of thiocarbonyl (C=S) groups is 1. The number of hydrogen-bond donors (Lipinski definition) is 1. The lowest BCUT2D eigenvalue weighted by atomic mass is 10.1. The second-order valence-corrected chi connectivity index (χ2v) is 5.48. The van der Waals surface area contributed by atoms with Crippen molar-refractivity contribution in [1.82, 2.24) is 4.98 Å². The standard InChI is InChI=1S/C15H19N3S/c1-10-8-12-6-4-5-7-13(12)17-15(10)18(3)9-11(2)14(16)19/h4-8,11H,9H2,1-3H3,(H2,16,19). The zero-order valence-corrected chi connectivity index (χ0v) is 12.4. The van der Waals surface area contributed by atoms with Crippen molar-refractivity contribution in [2.24, 2.45) is 11.7 Å². The molecule has 1 heterocycles. The SMILES string of the molecule is Cc1cc2ccccc2nc1N(C)CC(C)C(N)=S. The molecule has 0 amide bonds. The Morgan fingerprint density at radius 2 is 2.11 bits per heavy atom. The monoisotopic (exact) mass is 273 g/mol. The van der Waals surface area contributed by atoms with Crippen LogP contribution in [0.2, 0.25) is 0 Å². The summed E-state index contributed by atoms with van der Waals surface area (Å²) in [6.07, 6.45) is 0. The molecule has 3 nitrogen and oxygen atoms in total. The minimum absolute atomic E-state index is 0.174. The minimum atomic E-state index is 0.174. The highest BCUT2D eigenvalue weighted by Crippen LogP contribution is 2.22. The van der Waals surface area contributed by atoms with Crippen LogP contribution < -0.4 is 10.6 Å². The Kier molecular flexibility index (Phi) is 4.00. The summed E-state index contributed by atoms with van der Waals surface area (Å²) >= 11 is 5.03. The number of fused-ring (bicyclic) bond motifs is 1. The van der Waals surface area contributed by atoms with E-state index >= 15 is 0 Å². The van der Waals surface area contributed by atoms with Crippen molar-refractivity contribution in [3.05, 3.63) is 35.9 Å². The van der Waals surface area contributed by atoms with Crippen molar-refractivity contribution in [2.45, 2.75) is 13.8 Å². The van der Waals surface area contributed by atoms with Gasteiger partial charge in [0.15, 0.2) is 0 Å². The Hall–Kier alpha value is -1.68. The highest BCUT2D eigenvalue weighted by molar-refractivity contribution is 7.80. The molecule has 0 bridgehead atoms. The van der Waals surface area contributed by atoms with Crippen LogP contribution in [0.4, 0.5) is 5.82 Å². The molecule has 2 N–H and O–H groups in total. The molecule has 0 spiro atoms. The van der Waals surface area contributed by atoms with E-state index < -0.39 is 0 Å². The van der Waals surface area contributed by atoms with Gasteiger partial charge in [0.25, 0.3) is 0 Å². The summed E-state index contributed by atoms with van der Waals surface area (Å²) in [4.78, 5) is 7.39. The number of rotatable bonds is 4. The molecule has 0 aliphatic carbocycles. The van der Waals surface area contributed by atoms with Gasteiger partial charge in [-0.05, 0) is 24.6 Å². The van der Waals surface area contributed by atoms with Crippen LogP contribution in [0.5, 0.6) is 0 Å². The average molecular weight is 273 g/mol. The van der Waals surface area contributed by atoms with Crippen LogP contribution >= 0.6 is 12.2 Å². The van der Waals surface area contributed by atoms with Gasteiger partial charge in [-0.1, -0.05) is 37.3 Å². The molecule has 2 rings (SSSR count). The lowest BCUT2D eigenvalue weighted by Gasteiger charge is -2.23. The number of hydrogen-bond acceptors (Lipinski definition) is 3. The highest BCUT2D eigenvalue weighted by atomic mass is 32.1. The van der Waals surface area contributed by atoms with Gasteiger partial charge in [0.05, 0.1) is 10.5 Å². The maximum absolute atomic E-state index is 5.68. The first kappa shape index (κ1) is 13.7. The molecule has 0 saturated heterocycles. The van der Waals surface area contributed by atoms with Gasteiger partial charge in [0.2, 0.25) is 0 Å². The van der Waals surface area contributed by atoms with E-state index in [1.165, 1.54) is 5.39 Å². The first-order chi connectivity index (χ1) is 8.99. The third kappa shape index (κ3) is 3.01. The van der Waals surface area contributed by atoms with E-state index in [1.54, 1.807) is 0 Å². The van der Waals surface area contributed by atoms with Crippen LogP contribution in [0, 0.1) is 12.8 Å².